The van der Waals surface area contributed by atoms with E-state index in [-0.39, 0.29) is 0 Å². The number of fused-ring (bicyclic) bond motifs is 2. The van der Waals surface area contributed by atoms with E-state index in [1.165, 1.54) is 87.2 Å². The molecule has 2 nitrogen and oxygen atoms in total. The predicted octanol–water partition coefficient (Wildman–Crippen LogP) is 10.9. The van der Waals surface area contributed by atoms with E-state index in [1.807, 2.05) is 0 Å². The van der Waals surface area contributed by atoms with Gasteiger partial charge in [0.15, 0.2) is 0 Å². The fourth-order valence-electron chi connectivity index (χ4n) is 4.79. The SMILES string of the molecule is CCCCCCSCCCCOc1c2ccccc2c(OCCCCSCCCCCC)c2ccccc12. The Kier molecular flexibility index (Phi) is 15.9. The normalized spacial score (nSPS) is 11.4. The molecule has 0 heterocycles. The Morgan fingerprint density at radius 1 is 0.447 bits per heavy atom. The Morgan fingerprint density at radius 3 is 1.13 bits per heavy atom. The maximum atomic E-state index is 6.48. The van der Waals surface area contributed by atoms with Gasteiger partial charge in [-0.25, -0.2) is 0 Å². The summed E-state index contributed by atoms with van der Waals surface area (Å²) in [6.07, 6.45) is 15.5. The quantitative estimate of drug-likeness (QED) is 0.0907. The maximum absolute atomic E-state index is 6.48. The molecular formula is C34H50O2S2. The van der Waals surface area contributed by atoms with E-state index in [0.717, 1.165) is 59.1 Å². The van der Waals surface area contributed by atoms with Crippen molar-refractivity contribution in [2.75, 3.05) is 36.2 Å². The van der Waals surface area contributed by atoms with Crippen molar-refractivity contribution in [1.82, 2.24) is 0 Å². The molecule has 0 amide bonds. The molecule has 38 heavy (non-hydrogen) atoms. The Bertz CT molecular complexity index is 897. The minimum Gasteiger partial charge on any atom is -0.492 e. The van der Waals surface area contributed by atoms with E-state index in [9.17, 15) is 0 Å². The topological polar surface area (TPSA) is 18.5 Å². The van der Waals surface area contributed by atoms with E-state index < -0.39 is 0 Å². The number of hydrogen-bond donors (Lipinski definition) is 0. The first-order chi connectivity index (χ1) is 18.9. The van der Waals surface area contributed by atoms with Gasteiger partial charge in [0.25, 0.3) is 0 Å². The molecule has 0 bridgehead atoms. The first-order valence-corrected chi connectivity index (χ1v) is 17.5. The summed E-state index contributed by atoms with van der Waals surface area (Å²) in [5, 5.41) is 4.64. The van der Waals surface area contributed by atoms with Crippen LogP contribution in [-0.4, -0.2) is 36.2 Å². The van der Waals surface area contributed by atoms with Crippen LogP contribution in [0, 0.1) is 0 Å². The van der Waals surface area contributed by atoms with Crippen LogP contribution in [0.15, 0.2) is 48.5 Å². The smallest absolute Gasteiger partial charge is 0.135 e. The molecule has 3 aromatic carbocycles. The average molecular weight is 555 g/mol. The highest BCUT2D eigenvalue weighted by Crippen LogP contribution is 2.42. The molecular weight excluding hydrogens is 505 g/mol. The fourth-order valence-corrected chi connectivity index (χ4v) is 6.83. The van der Waals surface area contributed by atoms with Crippen LogP contribution >= 0.6 is 23.5 Å². The Morgan fingerprint density at radius 2 is 0.789 bits per heavy atom. The molecule has 0 radical (unpaired) electrons. The van der Waals surface area contributed by atoms with Gasteiger partial charge in [-0.1, -0.05) is 101 Å². The van der Waals surface area contributed by atoms with Crippen molar-refractivity contribution < 1.29 is 9.47 Å². The lowest BCUT2D eigenvalue weighted by Gasteiger charge is -2.18. The van der Waals surface area contributed by atoms with Gasteiger partial charge in [-0.2, -0.15) is 23.5 Å². The number of thioether (sulfide) groups is 2. The molecule has 0 aliphatic carbocycles. The highest BCUT2D eigenvalue weighted by molar-refractivity contribution is 7.99. The van der Waals surface area contributed by atoms with E-state index in [4.69, 9.17) is 9.47 Å². The van der Waals surface area contributed by atoms with Gasteiger partial charge in [0.2, 0.25) is 0 Å². The first-order valence-electron chi connectivity index (χ1n) is 15.2. The van der Waals surface area contributed by atoms with Crippen molar-refractivity contribution in [3.05, 3.63) is 48.5 Å². The number of rotatable bonds is 22. The summed E-state index contributed by atoms with van der Waals surface area (Å²) in [5.41, 5.74) is 0. The molecule has 3 rings (SSSR count). The van der Waals surface area contributed by atoms with Crippen LogP contribution in [-0.2, 0) is 0 Å². The molecule has 0 saturated heterocycles. The fraction of sp³-hybridized carbons (Fsp3) is 0.588. The van der Waals surface area contributed by atoms with Crippen molar-refractivity contribution >= 4 is 45.1 Å². The molecule has 0 saturated carbocycles. The zero-order valence-corrected chi connectivity index (χ0v) is 25.6. The van der Waals surface area contributed by atoms with Crippen molar-refractivity contribution in [2.24, 2.45) is 0 Å². The first kappa shape index (κ1) is 31.0. The van der Waals surface area contributed by atoms with Gasteiger partial charge in [-0.05, 0) is 61.5 Å². The summed E-state index contributed by atoms with van der Waals surface area (Å²) in [6.45, 7) is 6.08. The van der Waals surface area contributed by atoms with Crippen LogP contribution in [0.3, 0.4) is 0 Å². The molecule has 0 fully saturated rings. The minimum absolute atomic E-state index is 0.765. The van der Waals surface area contributed by atoms with Gasteiger partial charge < -0.3 is 9.47 Å². The van der Waals surface area contributed by atoms with Crippen molar-refractivity contribution in [2.45, 2.75) is 90.9 Å². The number of unbranched alkanes of at least 4 members (excludes halogenated alkanes) is 8. The predicted molar refractivity (Wildman–Crippen MR) is 174 cm³/mol. The summed E-state index contributed by atoms with van der Waals surface area (Å²) in [4.78, 5) is 0. The second-order valence-electron chi connectivity index (χ2n) is 10.2. The Labute approximate surface area is 241 Å². The van der Waals surface area contributed by atoms with Gasteiger partial charge in [-0.3, -0.25) is 0 Å². The molecule has 4 heteroatoms. The highest BCUT2D eigenvalue weighted by atomic mass is 32.2. The molecule has 0 unspecified atom stereocenters. The van der Waals surface area contributed by atoms with E-state index >= 15 is 0 Å². The van der Waals surface area contributed by atoms with Gasteiger partial charge in [0.05, 0.1) is 13.2 Å². The summed E-state index contributed by atoms with van der Waals surface area (Å²) in [5.74, 6) is 7.10. The van der Waals surface area contributed by atoms with E-state index in [2.05, 4.69) is 85.9 Å². The number of ether oxygens (including phenoxy) is 2. The van der Waals surface area contributed by atoms with E-state index in [1.54, 1.807) is 0 Å². The zero-order valence-electron chi connectivity index (χ0n) is 24.0. The summed E-state index contributed by atoms with van der Waals surface area (Å²) >= 11 is 4.20. The van der Waals surface area contributed by atoms with Crippen molar-refractivity contribution in [1.29, 1.82) is 0 Å². The highest BCUT2D eigenvalue weighted by Gasteiger charge is 2.15. The van der Waals surface area contributed by atoms with Crippen LogP contribution in [0.5, 0.6) is 11.5 Å². The minimum atomic E-state index is 0.765. The van der Waals surface area contributed by atoms with Crippen molar-refractivity contribution in [3.8, 4) is 11.5 Å². The summed E-state index contributed by atoms with van der Waals surface area (Å²) < 4.78 is 13.0. The van der Waals surface area contributed by atoms with E-state index in [0.29, 0.717) is 0 Å². The van der Waals surface area contributed by atoms with Gasteiger partial charge in [0, 0.05) is 21.5 Å². The maximum Gasteiger partial charge on any atom is 0.135 e. The molecule has 210 valence electrons. The third-order valence-electron chi connectivity index (χ3n) is 6.98. The number of hydrogen-bond acceptors (Lipinski definition) is 4. The van der Waals surface area contributed by atoms with Crippen LogP contribution in [0.25, 0.3) is 21.5 Å². The molecule has 0 aliphatic heterocycles. The van der Waals surface area contributed by atoms with Gasteiger partial charge in [-0.15, -0.1) is 0 Å². The van der Waals surface area contributed by atoms with Crippen molar-refractivity contribution in [3.63, 3.8) is 0 Å². The number of benzene rings is 3. The molecule has 0 spiro atoms. The van der Waals surface area contributed by atoms with Gasteiger partial charge in [0.1, 0.15) is 11.5 Å². The Balaban J connectivity index is 1.52. The standard InChI is InChI=1S/C34H50O2S2/c1-3-5-7-15-25-37-27-17-13-23-35-33-29-19-9-11-21-31(29)34(32-22-12-10-20-30(32)33)36-24-14-18-28-38-26-16-8-6-4-2/h9-12,19-22H,3-8,13-18,23-28H2,1-2H3. The molecule has 0 aromatic heterocycles. The lowest BCUT2D eigenvalue weighted by atomic mass is 10.0. The monoisotopic (exact) mass is 554 g/mol. The van der Waals surface area contributed by atoms with Crippen LogP contribution in [0.1, 0.15) is 90.9 Å². The second kappa shape index (κ2) is 19.5. The third kappa shape index (κ3) is 10.6. The molecule has 3 aromatic rings. The molecule has 0 atom stereocenters. The Hall–Kier alpha value is -1.52. The summed E-state index contributed by atoms with van der Waals surface area (Å²) in [6, 6.07) is 17.2. The average Bonchev–Trinajstić information content (AvgIpc) is 2.95. The van der Waals surface area contributed by atoms with Crippen LogP contribution in [0.2, 0.25) is 0 Å². The van der Waals surface area contributed by atoms with Gasteiger partial charge >= 0.3 is 0 Å². The largest absolute Gasteiger partial charge is 0.492 e. The lowest BCUT2D eigenvalue weighted by molar-refractivity contribution is 0.312. The van der Waals surface area contributed by atoms with Crippen LogP contribution in [0.4, 0.5) is 0 Å². The zero-order chi connectivity index (χ0) is 26.7. The van der Waals surface area contributed by atoms with Crippen LogP contribution < -0.4 is 9.47 Å². The second-order valence-corrected chi connectivity index (χ2v) is 12.7. The third-order valence-corrected chi connectivity index (χ3v) is 9.29. The molecule has 0 aliphatic rings. The lowest BCUT2D eigenvalue weighted by Crippen LogP contribution is -2.03. The molecule has 0 N–H and O–H groups in total. The summed E-state index contributed by atoms with van der Waals surface area (Å²) in [7, 11) is 0.